The van der Waals surface area contributed by atoms with Crippen LogP contribution in [-0.2, 0) is 11.3 Å². The molecular formula is C20H18ClN3O3. The van der Waals surface area contributed by atoms with Gasteiger partial charge in [-0.2, -0.15) is 0 Å². The van der Waals surface area contributed by atoms with E-state index in [2.05, 4.69) is 10.6 Å². The van der Waals surface area contributed by atoms with Crippen LogP contribution in [-0.4, -0.2) is 23.4 Å². The lowest BCUT2D eigenvalue weighted by Gasteiger charge is -2.14. The molecule has 0 bridgehead atoms. The largest absolute Gasteiger partial charge is 0.355 e. The lowest BCUT2D eigenvalue weighted by atomic mass is 10.1. The fourth-order valence-electron chi connectivity index (χ4n) is 2.90. The standard InChI is InChI=1S/C20H18ClN3O3/c1-12-15(21)7-5-8-16(12)23-18(25)11-24-17-9-4-3-6-13(17)14(10-19(24)26)20(27)22-2/h3-10H,11H2,1-2H3,(H,22,27)(H,23,25). The third-order valence-electron chi connectivity index (χ3n) is 4.33. The van der Waals surface area contributed by atoms with Crippen molar-refractivity contribution in [2.75, 3.05) is 12.4 Å². The molecule has 2 aromatic carbocycles. The Balaban J connectivity index is 1.99. The molecular weight excluding hydrogens is 366 g/mol. The molecule has 3 rings (SSSR count). The Labute approximate surface area is 160 Å². The molecule has 3 aromatic rings. The molecule has 0 aliphatic heterocycles. The monoisotopic (exact) mass is 383 g/mol. The van der Waals surface area contributed by atoms with Crippen LogP contribution in [0.25, 0.3) is 10.9 Å². The summed E-state index contributed by atoms with van der Waals surface area (Å²) >= 11 is 6.08. The van der Waals surface area contributed by atoms with Crippen LogP contribution in [0.4, 0.5) is 5.69 Å². The second-order valence-corrected chi connectivity index (χ2v) is 6.45. The maximum absolute atomic E-state index is 12.6. The summed E-state index contributed by atoms with van der Waals surface area (Å²) in [6, 6.07) is 13.5. The highest BCUT2D eigenvalue weighted by Gasteiger charge is 2.16. The number of para-hydroxylation sites is 1. The van der Waals surface area contributed by atoms with E-state index in [-0.39, 0.29) is 23.9 Å². The van der Waals surface area contributed by atoms with Crippen LogP contribution in [0.15, 0.2) is 53.3 Å². The highest BCUT2D eigenvalue weighted by Crippen LogP contribution is 2.23. The number of rotatable bonds is 4. The Hall–Kier alpha value is -3.12. The molecule has 0 radical (unpaired) electrons. The molecule has 0 fully saturated rings. The van der Waals surface area contributed by atoms with E-state index in [1.807, 2.05) is 0 Å². The van der Waals surface area contributed by atoms with E-state index in [0.717, 1.165) is 5.56 Å². The van der Waals surface area contributed by atoms with E-state index in [9.17, 15) is 14.4 Å². The predicted molar refractivity (Wildman–Crippen MR) is 106 cm³/mol. The van der Waals surface area contributed by atoms with Crippen molar-refractivity contribution in [1.82, 2.24) is 9.88 Å². The Morgan fingerprint density at radius 2 is 1.85 bits per heavy atom. The Morgan fingerprint density at radius 3 is 2.59 bits per heavy atom. The number of amides is 2. The van der Waals surface area contributed by atoms with E-state index in [0.29, 0.717) is 21.6 Å². The van der Waals surface area contributed by atoms with Gasteiger partial charge in [0.1, 0.15) is 6.54 Å². The Bertz CT molecular complexity index is 1110. The van der Waals surface area contributed by atoms with Crippen molar-refractivity contribution in [3.63, 3.8) is 0 Å². The van der Waals surface area contributed by atoms with Crippen LogP contribution < -0.4 is 16.2 Å². The number of nitrogens with zero attached hydrogens (tertiary/aromatic N) is 1. The normalized spacial score (nSPS) is 10.6. The molecule has 0 unspecified atom stereocenters. The van der Waals surface area contributed by atoms with Crippen molar-refractivity contribution in [3.05, 3.63) is 75.0 Å². The number of pyridine rings is 1. The molecule has 0 saturated heterocycles. The van der Waals surface area contributed by atoms with Crippen molar-refractivity contribution < 1.29 is 9.59 Å². The lowest BCUT2D eigenvalue weighted by Crippen LogP contribution is -2.30. The number of hydrogen-bond donors (Lipinski definition) is 2. The first-order chi connectivity index (χ1) is 12.9. The summed E-state index contributed by atoms with van der Waals surface area (Å²) < 4.78 is 1.34. The van der Waals surface area contributed by atoms with Crippen LogP contribution >= 0.6 is 11.6 Å². The molecule has 138 valence electrons. The number of carbonyl (C=O) groups excluding carboxylic acids is 2. The summed E-state index contributed by atoms with van der Waals surface area (Å²) in [4.78, 5) is 37.2. The van der Waals surface area contributed by atoms with E-state index in [1.165, 1.54) is 17.7 Å². The number of hydrogen-bond acceptors (Lipinski definition) is 3. The van der Waals surface area contributed by atoms with Crippen molar-refractivity contribution in [2.24, 2.45) is 0 Å². The van der Waals surface area contributed by atoms with E-state index in [4.69, 9.17) is 11.6 Å². The third-order valence-corrected chi connectivity index (χ3v) is 4.74. The van der Waals surface area contributed by atoms with Gasteiger partial charge >= 0.3 is 0 Å². The molecule has 1 aromatic heterocycles. The van der Waals surface area contributed by atoms with Crippen LogP contribution in [0.3, 0.4) is 0 Å². The minimum absolute atomic E-state index is 0.181. The molecule has 0 aliphatic carbocycles. The zero-order valence-electron chi connectivity index (χ0n) is 14.9. The second-order valence-electron chi connectivity index (χ2n) is 6.04. The molecule has 2 amide bonds. The number of aromatic nitrogens is 1. The van der Waals surface area contributed by atoms with Gasteiger partial charge in [-0.15, -0.1) is 0 Å². The van der Waals surface area contributed by atoms with Gasteiger partial charge in [0.2, 0.25) is 5.91 Å². The van der Waals surface area contributed by atoms with E-state index in [1.54, 1.807) is 49.4 Å². The van der Waals surface area contributed by atoms with Gasteiger partial charge < -0.3 is 10.6 Å². The number of benzene rings is 2. The first kappa shape index (κ1) is 18.7. The predicted octanol–water partition coefficient (Wildman–Crippen LogP) is 2.96. The quantitative estimate of drug-likeness (QED) is 0.726. The molecule has 0 spiro atoms. The molecule has 0 aliphatic rings. The van der Waals surface area contributed by atoms with Gasteiger partial charge in [-0.25, -0.2) is 0 Å². The zero-order chi connectivity index (χ0) is 19.6. The minimum Gasteiger partial charge on any atom is -0.355 e. The SMILES string of the molecule is CNC(=O)c1cc(=O)n(CC(=O)Nc2cccc(Cl)c2C)c2ccccc12. The lowest BCUT2D eigenvalue weighted by molar-refractivity contribution is -0.116. The highest BCUT2D eigenvalue weighted by atomic mass is 35.5. The average Bonchev–Trinajstić information content (AvgIpc) is 2.67. The molecule has 2 N–H and O–H groups in total. The fourth-order valence-corrected chi connectivity index (χ4v) is 3.07. The van der Waals surface area contributed by atoms with Crippen LogP contribution in [0, 0.1) is 6.92 Å². The first-order valence-electron chi connectivity index (χ1n) is 8.32. The highest BCUT2D eigenvalue weighted by molar-refractivity contribution is 6.31. The van der Waals surface area contributed by atoms with Gasteiger partial charge in [0.25, 0.3) is 11.5 Å². The maximum atomic E-state index is 12.6. The van der Waals surface area contributed by atoms with E-state index < -0.39 is 5.56 Å². The van der Waals surface area contributed by atoms with Crippen LogP contribution in [0.5, 0.6) is 0 Å². The van der Waals surface area contributed by atoms with Gasteiger partial charge in [-0.3, -0.25) is 19.0 Å². The minimum atomic E-state index is -0.426. The number of nitrogens with one attached hydrogen (secondary N) is 2. The smallest absolute Gasteiger partial charge is 0.252 e. The number of anilines is 1. The zero-order valence-corrected chi connectivity index (χ0v) is 15.6. The number of fused-ring (bicyclic) bond motifs is 1. The number of halogens is 1. The molecule has 7 heteroatoms. The summed E-state index contributed by atoms with van der Waals surface area (Å²) in [5.41, 5.74) is 1.71. The number of carbonyl (C=O) groups is 2. The van der Waals surface area contributed by atoms with Gasteiger partial charge in [-0.05, 0) is 30.7 Å². The molecule has 0 saturated carbocycles. The average molecular weight is 384 g/mol. The molecule has 6 nitrogen and oxygen atoms in total. The fraction of sp³-hybridized carbons (Fsp3) is 0.150. The molecule has 27 heavy (non-hydrogen) atoms. The summed E-state index contributed by atoms with van der Waals surface area (Å²) in [6.45, 7) is 1.62. The molecule has 1 heterocycles. The third kappa shape index (κ3) is 3.71. The Morgan fingerprint density at radius 1 is 1.11 bits per heavy atom. The van der Waals surface area contributed by atoms with Crippen LogP contribution in [0.2, 0.25) is 5.02 Å². The Kier molecular flexibility index (Phi) is 5.28. The van der Waals surface area contributed by atoms with Crippen molar-refractivity contribution in [3.8, 4) is 0 Å². The van der Waals surface area contributed by atoms with Gasteiger partial charge in [0.15, 0.2) is 0 Å². The maximum Gasteiger partial charge on any atom is 0.252 e. The van der Waals surface area contributed by atoms with Gasteiger partial charge in [0.05, 0.1) is 11.1 Å². The van der Waals surface area contributed by atoms with Crippen molar-refractivity contribution in [2.45, 2.75) is 13.5 Å². The first-order valence-corrected chi connectivity index (χ1v) is 8.70. The second kappa shape index (κ2) is 7.63. The van der Waals surface area contributed by atoms with Gasteiger partial charge in [0, 0.05) is 29.2 Å². The van der Waals surface area contributed by atoms with Gasteiger partial charge in [-0.1, -0.05) is 35.9 Å². The summed E-state index contributed by atoms with van der Waals surface area (Å²) in [5.74, 6) is -0.713. The topological polar surface area (TPSA) is 80.2 Å². The van der Waals surface area contributed by atoms with Crippen LogP contribution in [0.1, 0.15) is 15.9 Å². The summed E-state index contributed by atoms with van der Waals surface area (Å²) in [7, 11) is 1.50. The van der Waals surface area contributed by atoms with Crippen molar-refractivity contribution >= 4 is 40.0 Å². The molecule has 0 atom stereocenters. The summed E-state index contributed by atoms with van der Waals surface area (Å²) in [6.07, 6.45) is 0. The van der Waals surface area contributed by atoms with E-state index >= 15 is 0 Å². The summed E-state index contributed by atoms with van der Waals surface area (Å²) in [5, 5.41) is 6.45. The van der Waals surface area contributed by atoms with Crippen molar-refractivity contribution in [1.29, 1.82) is 0 Å².